The van der Waals surface area contributed by atoms with Crippen molar-refractivity contribution in [3.63, 3.8) is 0 Å². The molecule has 1 N–H and O–H groups in total. The number of furan rings is 1. The SMILES string of the molecule is Cn1ccnc1C(NC(=O)c1ccc(-c2ccccc2Cl)o1)c1ccccc1. The first-order valence-electron chi connectivity index (χ1n) is 8.81. The van der Waals surface area contributed by atoms with Crippen molar-refractivity contribution >= 4 is 17.5 Å². The third kappa shape index (κ3) is 3.57. The third-order valence-corrected chi connectivity index (χ3v) is 4.82. The number of aryl methyl sites for hydroxylation is 1. The molecule has 1 amide bonds. The van der Waals surface area contributed by atoms with Crippen LogP contribution >= 0.6 is 11.6 Å². The van der Waals surface area contributed by atoms with E-state index in [4.69, 9.17) is 16.0 Å². The fraction of sp³-hybridized carbons (Fsp3) is 0.0909. The fourth-order valence-corrected chi connectivity index (χ4v) is 3.29. The smallest absolute Gasteiger partial charge is 0.287 e. The molecule has 0 saturated carbocycles. The molecular weight excluding hydrogens is 374 g/mol. The Kier molecular flexibility index (Phi) is 5.00. The summed E-state index contributed by atoms with van der Waals surface area (Å²) in [4.78, 5) is 17.3. The molecule has 0 aliphatic rings. The van der Waals surface area contributed by atoms with Crippen LogP contribution in [0.1, 0.15) is 28.0 Å². The molecule has 1 atom stereocenters. The molecular formula is C22H18ClN3O2. The number of carbonyl (C=O) groups excluding carboxylic acids is 1. The van der Waals surface area contributed by atoms with E-state index in [9.17, 15) is 4.79 Å². The number of hydrogen-bond acceptors (Lipinski definition) is 3. The van der Waals surface area contributed by atoms with E-state index < -0.39 is 6.04 Å². The highest BCUT2D eigenvalue weighted by molar-refractivity contribution is 6.33. The first-order valence-corrected chi connectivity index (χ1v) is 9.19. The molecule has 5 nitrogen and oxygen atoms in total. The summed E-state index contributed by atoms with van der Waals surface area (Å²) in [7, 11) is 1.90. The van der Waals surface area contributed by atoms with Crippen molar-refractivity contribution in [2.75, 3.05) is 0 Å². The van der Waals surface area contributed by atoms with Crippen molar-refractivity contribution in [2.24, 2.45) is 7.05 Å². The molecule has 2 heterocycles. The van der Waals surface area contributed by atoms with Crippen molar-refractivity contribution in [1.29, 1.82) is 0 Å². The number of aromatic nitrogens is 2. The Morgan fingerprint density at radius 2 is 1.82 bits per heavy atom. The van der Waals surface area contributed by atoms with Crippen LogP contribution in [0.2, 0.25) is 5.02 Å². The second kappa shape index (κ2) is 7.74. The van der Waals surface area contributed by atoms with Gasteiger partial charge in [0.05, 0.1) is 5.02 Å². The number of halogens is 1. The number of amides is 1. The van der Waals surface area contributed by atoms with Gasteiger partial charge in [-0.1, -0.05) is 54.1 Å². The number of carbonyl (C=O) groups is 1. The number of hydrogen-bond donors (Lipinski definition) is 1. The summed E-state index contributed by atoms with van der Waals surface area (Å²) < 4.78 is 7.66. The Balaban J connectivity index is 1.62. The summed E-state index contributed by atoms with van der Waals surface area (Å²) in [6, 6.07) is 20.0. The van der Waals surface area contributed by atoms with Crippen LogP contribution in [0.5, 0.6) is 0 Å². The second-order valence-electron chi connectivity index (χ2n) is 6.36. The summed E-state index contributed by atoms with van der Waals surface area (Å²) in [5.41, 5.74) is 1.68. The predicted molar refractivity (Wildman–Crippen MR) is 108 cm³/mol. The van der Waals surface area contributed by atoms with Crippen LogP contribution in [0.15, 0.2) is 83.5 Å². The number of nitrogens with one attached hydrogen (secondary N) is 1. The maximum Gasteiger partial charge on any atom is 0.287 e. The lowest BCUT2D eigenvalue weighted by Gasteiger charge is -2.18. The molecule has 0 aliphatic carbocycles. The quantitative estimate of drug-likeness (QED) is 0.529. The van der Waals surface area contributed by atoms with E-state index in [0.29, 0.717) is 10.8 Å². The summed E-state index contributed by atoms with van der Waals surface area (Å²) in [6.07, 6.45) is 3.56. The molecule has 0 spiro atoms. The molecule has 0 saturated heterocycles. The average molecular weight is 392 g/mol. The maximum absolute atomic E-state index is 12.9. The van der Waals surface area contributed by atoms with E-state index in [-0.39, 0.29) is 11.7 Å². The standard InChI is InChI=1S/C22H18ClN3O2/c1-26-14-13-24-21(26)20(15-7-3-2-4-8-15)25-22(27)19-12-11-18(28-19)16-9-5-6-10-17(16)23/h2-14,20H,1H3,(H,25,27). The minimum atomic E-state index is -0.400. The van der Waals surface area contributed by atoms with Gasteiger partial charge < -0.3 is 14.3 Å². The molecule has 140 valence electrons. The van der Waals surface area contributed by atoms with E-state index in [1.807, 2.05) is 66.3 Å². The van der Waals surface area contributed by atoms with Gasteiger partial charge in [0.15, 0.2) is 5.76 Å². The van der Waals surface area contributed by atoms with E-state index in [1.54, 1.807) is 24.4 Å². The topological polar surface area (TPSA) is 60.1 Å². The first-order chi connectivity index (χ1) is 13.6. The van der Waals surface area contributed by atoms with Crippen LogP contribution in [-0.2, 0) is 7.05 Å². The fourth-order valence-electron chi connectivity index (χ4n) is 3.07. The summed E-state index contributed by atoms with van der Waals surface area (Å²) in [5.74, 6) is 1.17. The van der Waals surface area contributed by atoms with Crippen LogP contribution < -0.4 is 5.32 Å². The normalized spacial score (nSPS) is 11.9. The maximum atomic E-state index is 12.9. The zero-order chi connectivity index (χ0) is 19.5. The van der Waals surface area contributed by atoms with Crippen molar-refractivity contribution in [3.8, 4) is 11.3 Å². The van der Waals surface area contributed by atoms with E-state index in [0.717, 1.165) is 17.0 Å². The predicted octanol–water partition coefficient (Wildman–Crippen LogP) is 4.85. The van der Waals surface area contributed by atoms with Crippen LogP contribution in [0.3, 0.4) is 0 Å². The van der Waals surface area contributed by atoms with Gasteiger partial charge in [-0.15, -0.1) is 0 Å². The Morgan fingerprint density at radius 3 is 2.54 bits per heavy atom. The second-order valence-corrected chi connectivity index (χ2v) is 6.76. The minimum absolute atomic E-state index is 0.213. The largest absolute Gasteiger partial charge is 0.451 e. The summed E-state index contributed by atoms with van der Waals surface area (Å²) in [5, 5.41) is 3.59. The Morgan fingerprint density at radius 1 is 1.07 bits per heavy atom. The molecule has 6 heteroatoms. The Labute approximate surface area is 167 Å². The molecule has 2 aromatic heterocycles. The first kappa shape index (κ1) is 18.1. The molecule has 0 aliphatic heterocycles. The van der Waals surface area contributed by atoms with E-state index >= 15 is 0 Å². The minimum Gasteiger partial charge on any atom is -0.451 e. The lowest BCUT2D eigenvalue weighted by molar-refractivity contribution is 0.0914. The van der Waals surface area contributed by atoms with Crippen LogP contribution in [-0.4, -0.2) is 15.5 Å². The monoisotopic (exact) mass is 391 g/mol. The third-order valence-electron chi connectivity index (χ3n) is 4.49. The summed E-state index contributed by atoms with van der Waals surface area (Å²) >= 11 is 6.23. The van der Waals surface area contributed by atoms with E-state index in [1.165, 1.54) is 0 Å². The van der Waals surface area contributed by atoms with Gasteiger partial charge in [0.1, 0.15) is 17.6 Å². The van der Waals surface area contributed by atoms with Crippen LogP contribution in [0, 0.1) is 0 Å². The zero-order valence-electron chi connectivity index (χ0n) is 15.2. The van der Waals surface area contributed by atoms with Gasteiger partial charge in [-0.3, -0.25) is 4.79 Å². The van der Waals surface area contributed by atoms with Gasteiger partial charge in [-0.25, -0.2) is 4.98 Å². The summed E-state index contributed by atoms with van der Waals surface area (Å²) in [6.45, 7) is 0. The Bertz CT molecular complexity index is 1100. The number of rotatable bonds is 5. The molecule has 1 unspecified atom stereocenters. The zero-order valence-corrected chi connectivity index (χ0v) is 15.9. The highest BCUT2D eigenvalue weighted by Crippen LogP contribution is 2.29. The van der Waals surface area contributed by atoms with Gasteiger partial charge >= 0.3 is 0 Å². The number of benzene rings is 2. The average Bonchev–Trinajstić information content (AvgIpc) is 3.36. The van der Waals surface area contributed by atoms with Crippen LogP contribution in [0.4, 0.5) is 0 Å². The van der Waals surface area contributed by atoms with Gasteiger partial charge in [0.25, 0.3) is 5.91 Å². The van der Waals surface area contributed by atoms with Gasteiger partial charge in [0, 0.05) is 25.0 Å². The molecule has 4 rings (SSSR count). The number of imidazole rings is 1. The lowest BCUT2D eigenvalue weighted by atomic mass is 10.1. The molecule has 28 heavy (non-hydrogen) atoms. The molecule has 2 aromatic carbocycles. The van der Waals surface area contributed by atoms with Gasteiger partial charge in [-0.2, -0.15) is 0 Å². The highest BCUT2D eigenvalue weighted by atomic mass is 35.5. The number of nitrogens with zero attached hydrogens (tertiary/aromatic N) is 2. The molecule has 0 radical (unpaired) electrons. The van der Waals surface area contributed by atoms with Crippen molar-refractivity contribution < 1.29 is 9.21 Å². The van der Waals surface area contributed by atoms with Crippen LogP contribution in [0.25, 0.3) is 11.3 Å². The molecule has 4 aromatic rings. The van der Waals surface area contributed by atoms with Crippen molar-refractivity contribution in [2.45, 2.75) is 6.04 Å². The Hall–Kier alpha value is -3.31. The van der Waals surface area contributed by atoms with E-state index in [2.05, 4.69) is 10.3 Å². The molecule has 0 fully saturated rings. The molecule has 0 bridgehead atoms. The lowest BCUT2D eigenvalue weighted by Crippen LogP contribution is -2.30. The van der Waals surface area contributed by atoms with Gasteiger partial charge in [0.2, 0.25) is 0 Å². The van der Waals surface area contributed by atoms with Crippen molar-refractivity contribution in [3.05, 3.63) is 101 Å². The van der Waals surface area contributed by atoms with Gasteiger partial charge in [-0.05, 0) is 29.8 Å². The highest BCUT2D eigenvalue weighted by Gasteiger charge is 2.23. The van der Waals surface area contributed by atoms with Crippen molar-refractivity contribution in [1.82, 2.24) is 14.9 Å².